The molecule has 1 aromatic carbocycles. The first-order valence-corrected chi connectivity index (χ1v) is 17.8. The first-order valence-electron chi connectivity index (χ1n) is 14.5. The Kier molecular flexibility index (Phi) is 11.7. The number of nitrogens with one attached hydrogen (secondary N) is 1. The van der Waals surface area contributed by atoms with E-state index >= 15 is 0 Å². The van der Waals surface area contributed by atoms with E-state index in [-0.39, 0.29) is 55.3 Å². The molecule has 2 aliphatic heterocycles. The predicted octanol–water partition coefficient (Wildman–Crippen LogP) is 5.51. The van der Waals surface area contributed by atoms with Gasteiger partial charge in [0.1, 0.15) is 17.6 Å². The van der Waals surface area contributed by atoms with E-state index in [0.717, 1.165) is 6.42 Å². The molecule has 1 amide bonds. The number of nitrogens with zero attached hydrogens (tertiary/aromatic N) is 2. The molecule has 0 bridgehead atoms. The Bertz CT molecular complexity index is 1020. The lowest BCUT2D eigenvalue weighted by Gasteiger charge is -2.49. The van der Waals surface area contributed by atoms with Gasteiger partial charge in [-0.3, -0.25) is 14.8 Å². The molecule has 12 heteroatoms. The lowest BCUT2D eigenvalue weighted by molar-refractivity contribution is -0.238. The molecular formula is C29H49ClFN3O6Si. The molecule has 2 aliphatic rings. The molecule has 41 heavy (non-hydrogen) atoms. The van der Waals surface area contributed by atoms with E-state index in [2.05, 4.69) is 44.1 Å². The Labute approximate surface area is 250 Å². The minimum absolute atomic E-state index is 0.00345. The monoisotopic (exact) mass is 617 g/mol. The Morgan fingerprint density at radius 3 is 2.49 bits per heavy atom. The van der Waals surface area contributed by atoms with Crippen LogP contribution in [0.1, 0.15) is 59.9 Å². The van der Waals surface area contributed by atoms with Crippen LogP contribution in [0.3, 0.4) is 0 Å². The largest absolute Gasteiger partial charge is 0.444 e. The van der Waals surface area contributed by atoms with E-state index in [4.69, 9.17) is 30.5 Å². The molecule has 0 spiro atoms. The van der Waals surface area contributed by atoms with Crippen LogP contribution in [0, 0.1) is 11.7 Å². The minimum atomic E-state index is -2.16. The van der Waals surface area contributed by atoms with E-state index in [0.29, 0.717) is 36.6 Å². The normalized spacial score (nSPS) is 24.9. The number of hydrogen-bond donors (Lipinski definition) is 2. The van der Waals surface area contributed by atoms with Crippen LogP contribution in [0.2, 0.25) is 23.2 Å². The van der Waals surface area contributed by atoms with Gasteiger partial charge in [-0.05, 0) is 63.9 Å². The van der Waals surface area contributed by atoms with Crippen LogP contribution in [0.15, 0.2) is 18.2 Å². The van der Waals surface area contributed by atoms with Crippen LogP contribution in [0.4, 0.5) is 9.18 Å². The van der Waals surface area contributed by atoms with Crippen molar-refractivity contribution in [1.82, 2.24) is 15.1 Å². The summed E-state index contributed by atoms with van der Waals surface area (Å²) < 4.78 is 32.1. The molecule has 0 saturated carbocycles. The highest BCUT2D eigenvalue weighted by molar-refractivity contribution is 6.73. The molecular weight excluding hydrogens is 569 g/mol. The Morgan fingerprint density at radius 2 is 1.88 bits per heavy atom. The van der Waals surface area contributed by atoms with E-state index in [1.54, 1.807) is 17.0 Å². The highest BCUT2D eigenvalue weighted by Gasteiger charge is 2.43. The fourth-order valence-corrected chi connectivity index (χ4v) is 5.48. The summed E-state index contributed by atoms with van der Waals surface area (Å²) >= 11 is 5.89. The zero-order valence-electron chi connectivity index (χ0n) is 25.8. The van der Waals surface area contributed by atoms with Crippen molar-refractivity contribution in [2.75, 3.05) is 32.8 Å². The highest BCUT2D eigenvalue weighted by atomic mass is 35.5. The van der Waals surface area contributed by atoms with Gasteiger partial charge in [-0.15, -0.1) is 0 Å². The van der Waals surface area contributed by atoms with Gasteiger partial charge in [-0.25, -0.2) is 14.1 Å². The summed E-state index contributed by atoms with van der Waals surface area (Å²) in [6, 6.07) is 4.32. The highest BCUT2D eigenvalue weighted by Crippen LogP contribution is 2.37. The molecule has 2 saturated heterocycles. The Hall–Kier alpha value is -1.31. The third kappa shape index (κ3) is 9.59. The van der Waals surface area contributed by atoms with Crippen molar-refractivity contribution in [2.24, 2.45) is 5.92 Å². The summed E-state index contributed by atoms with van der Waals surface area (Å²) in [5.74, 6) is -0.464. The summed E-state index contributed by atoms with van der Waals surface area (Å²) in [6.45, 7) is 17.9. The average molecular weight is 618 g/mol. The van der Waals surface area contributed by atoms with Crippen molar-refractivity contribution >= 4 is 26.0 Å². The molecule has 2 fully saturated rings. The third-order valence-electron chi connectivity index (χ3n) is 8.16. The molecule has 4 atom stereocenters. The summed E-state index contributed by atoms with van der Waals surface area (Å²) in [6.07, 6.45) is 0.448. The van der Waals surface area contributed by atoms with Gasteiger partial charge in [0.05, 0.1) is 25.4 Å². The van der Waals surface area contributed by atoms with Gasteiger partial charge in [0, 0.05) is 42.7 Å². The molecule has 4 unspecified atom stereocenters. The second-order valence-corrected chi connectivity index (χ2v) is 18.7. The van der Waals surface area contributed by atoms with Crippen molar-refractivity contribution in [1.29, 1.82) is 0 Å². The third-order valence-corrected chi connectivity index (χ3v) is 12.5. The standard InChI is InChI=1S/C29H49ClFN3O6Si/c1-28(2,3)39-27(36)33-13-14-34(23(16-33)19-38-40-41(7,8)29(4,5)6)26-20(17-35)10-12-25(32-26)37-18-21-9-11-22(30)15-24(21)31/h9,11,15,20,23,25-26,32,35H,10,12-14,16-19H2,1-8H3. The number of benzene rings is 1. The van der Waals surface area contributed by atoms with Crippen LogP contribution in [0.25, 0.3) is 0 Å². The quantitative estimate of drug-likeness (QED) is 0.213. The van der Waals surface area contributed by atoms with Crippen molar-refractivity contribution in [3.05, 3.63) is 34.6 Å². The number of piperazine rings is 1. The van der Waals surface area contributed by atoms with Crippen LogP contribution >= 0.6 is 11.6 Å². The summed E-state index contributed by atoms with van der Waals surface area (Å²) in [5.41, 5.74) is -0.177. The second-order valence-electron chi connectivity index (χ2n) is 13.6. The number of ether oxygens (including phenoxy) is 2. The number of carbonyl (C=O) groups excluding carboxylic acids is 1. The Morgan fingerprint density at radius 1 is 1.17 bits per heavy atom. The molecule has 0 radical (unpaired) electrons. The molecule has 9 nitrogen and oxygen atoms in total. The predicted molar refractivity (Wildman–Crippen MR) is 159 cm³/mol. The van der Waals surface area contributed by atoms with Gasteiger partial charge < -0.3 is 19.5 Å². The lowest BCUT2D eigenvalue weighted by atomic mass is 9.93. The molecule has 1 aromatic rings. The molecule has 2 N–H and O–H groups in total. The van der Waals surface area contributed by atoms with E-state index in [9.17, 15) is 14.3 Å². The van der Waals surface area contributed by atoms with Crippen molar-refractivity contribution in [2.45, 2.75) is 103 Å². The van der Waals surface area contributed by atoms with Gasteiger partial charge in [0.15, 0.2) is 0 Å². The van der Waals surface area contributed by atoms with E-state index in [1.165, 1.54) is 6.07 Å². The van der Waals surface area contributed by atoms with Gasteiger partial charge in [-0.2, -0.15) is 0 Å². The topological polar surface area (TPSA) is 92.7 Å². The van der Waals surface area contributed by atoms with Gasteiger partial charge in [0.25, 0.3) is 0 Å². The summed E-state index contributed by atoms with van der Waals surface area (Å²) in [4.78, 5) is 22.8. The van der Waals surface area contributed by atoms with Crippen LogP contribution in [-0.2, 0) is 25.5 Å². The van der Waals surface area contributed by atoms with E-state index < -0.39 is 19.7 Å². The van der Waals surface area contributed by atoms with Gasteiger partial charge >= 0.3 is 6.09 Å². The number of hydrogen-bond acceptors (Lipinski definition) is 8. The smallest absolute Gasteiger partial charge is 0.410 e. The summed E-state index contributed by atoms with van der Waals surface area (Å²) in [5, 5.41) is 14.1. The van der Waals surface area contributed by atoms with Crippen molar-refractivity contribution in [3.8, 4) is 0 Å². The first-order chi connectivity index (χ1) is 19.0. The fourth-order valence-electron chi connectivity index (χ4n) is 4.71. The maximum Gasteiger partial charge on any atom is 0.410 e. The SMILES string of the molecule is CC(C)(C)OC(=O)N1CCN(C2NC(OCc3ccc(Cl)cc3F)CCC2CO)C(COO[Si](C)(C)C(C)(C)C)C1. The summed E-state index contributed by atoms with van der Waals surface area (Å²) in [7, 11) is -2.16. The number of rotatable bonds is 9. The lowest BCUT2D eigenvalue weighted by Crippen LogP contribution is -2.67. The fraction of sp³-hybridized carbons (Fsp3) is 0.759. The van der Waals surface area contributed by atoms with Gasteiger partial charge in [-0.1, -0.05) is 38.4 Å². The average Bonchev–Trinajstić information content (AvgIpc) is 2.86. The first kappa shape index (κ1) is 34.2. The number of halogens is 2. The number of amides is 1. The number of aliphatic hydroxyl groups is 1. The number of aliphatic hydroxyl groups excluding tert-OH is 1. The van der Waals surface area contributed by atoms with Crippen LogP contribution in [-0.4, -0.2) is 86.2 Å². The van der Waals surface area contributed by atoms with Gasteiger partial charge in [0.2, 0.25) is 8.32 Å². The number of piperidine rings is 1. The maximum atomic E-state index is 14.3. The molecule has 2 heterocycles. The van der Waals surface area contributed by atoms with E-state index in [1.807, 2.05) is 20.8 Å². The molecule has 3 rings (SSSR count). The van der Waals surface area contributed by atoms with Crippen molar-refractivity contribution in [3.63, 3.8) is 0 Å². The molecule has 234 valence electrons. The van der Waals surface area contributed by atoms with Crippen LogP contribution in [0.5, 0.6) is 0 Å². The minimum Gasteiger partial charge on any atom is -0.444 e. The molecule has 0 aromatic heterocycles. The Balaban J connectivity index is 1.74. The zero-order chi connectivity index (χ0) is 30.6. The van der Waals surface area contributed by atoms with Crippen molar-refractivity contribution < 1.29 is 33.2 Å². The number of carbonyl (C=O) groups is 1. The zero-order valence-corrected chi connectivity index (χ0v) is 27.6. The molecule has 0 aliphatic carbocycles. The second kappa shape index (κ2) is 14.0. The maximum absolute atomic E-state index is 14.3. The van der Waals surface area contributed by atoms with Crippen LogP contribution < -0.4 is 5.32 Å².